The van der Waals surface area contributed by atoms with Crippen molar-refractivity contribution >= 4 is 5.91 Å². The molecule has 0 unspecified atom stereocenters. The molecule has 160 valence electrons. The molecule has 1 aliphatic rings. The maximum atomic E-state index is 13.6. The number of amides is 1. The maximum Gasteiger partial charge on any atom is 0.272 e. The number of halogens is 1. The van der Waals surface area contributed by atoms with E-state index in [4.69, 9.17) is 9.84 Å². The Labute approximate surface area is 185 Å². The molecule has 0 saturated carbocycles. The lowest BCUT2D eigenvalue weighted by molar-refractivity contribution is 0.0725. The number of fused-ring (bicyclic) bond motifs is 1. The molecular weight excluding hydrogens is 405 g/mol. The monoisotopic (exact) mass is 427 g/mol. The van der Waals surface area contributed by atoms with Crippen LogP contribution in [0, 0.1) is 5.82 Å². The lowest BCUT2D eigenvalue weighted by Crippen LogP contribution is -2.37. The summed E-state index contributed by atoms with van der Waals surface area (Å²) in [6.45, 7) is 1.21. The van der Waals surface area contributed by atoms with Crippen LogP contribution in [0.1, 0.15) is 21.6 Å². The molecule has 0 N–H and O–H groups in total. The van der Waals surface area contributed by atoms with E-state index in [1.165, 1.54) is 23.3 Å². The molecule has 0 atom stereocenters. The molecule has 0 fully saturated rings. The van der Waals surface area contributed by atoms with Crippen molar-refractivity contribution in [2.75, 3.05) is 13.7 Å². The van der Waals surface area contributed by atoms with E-state index in [2.05, 4.69) is 12.1 Å². The molecule has 6 heteroatoms. The number of nitrogens with zero attached hydrogens (tertiary/aromatic N) is 3. The second-order valence-electron chi connectivity index (χ2n) is 7.78. The Hall–Kier alpha value is -3.93. The molecular formula is C26H22FN3O2. The van der Waals surface area contributed by atoms with Crippen LogP contribution in [0.5, 0.6) is 5.75 Å². The first-order valence-corrected chi connectivity index (χ1v) is 10.5. The maximum absolute atomic E-state index is 13.6. The van der Waals surface area contributed by atoms with Gasteiger partial charge in [-0.3, -0.25) is 4.79 Å². The average Bonchev–Trinajstić information content (AvgIpc) is 3.29. The molecule has 32 heavy (non-hydrogen) atoms. The van der Waals surface area contributed by atoms with Crippen LogP contribution in [0.4, 0.5) is 4.39 Å². The van der Waals surface area contributed by atoms with Gasteiger partial charge < -0.3 is 9.64 Å². The number of aromatic nitrogens is 2. The van der Waals surface area contributed by atoms with Gasteiger partial charge in [-0.25, -0.2) is 9.07 Å². The van der Waals surface area contributed by atoms with Gasteiger partial charge in [0.25, 0.3) is 5.91 Å². The lowest BCUT2D eigenvalue weighted by Gasteiger charge is -2.29. The summed E-state index contributed by atoms with van der Waals surface area (Å²) in [5, 5.41) is 4.70. The molecule has 4 aromatic rings. The second-order valence-corrected chi connectivity index (χ2v) is 7.78. The molecule has 0 spiro atoms. The molecule has 1 aromatic heterocycles. The Bertz CT molecular complexity index is 1260. The Morgan fingerprint density at radius 3 is 2.41 bits per heavy atom. The predicted molar refractivity (Wildman–Crippen MR) is 120 cm³/mol. The zero-order valence-electron chi connectivity index (χ0n) is 17.7. The van der Waals surface area contributed by atoms with Crippen molar-refractivity contribution in [1.29, 1.82) is 0 Å². The first kappa shape index (κ1) is 20.0. The van der Waals surface area contributed by atoms with Crippen LogP contribution < -0.4 is 4.74 Å². The molecule has 5 rings (SSSR count). The summed E-state index contributed by atoms with van der Waals surface area (Å²) in [7, 11) is 1.61. The number of carbonyl (C=O) groups is 1. The highest BCUT2D eigenvalue weighted by Gasteiger charge is 2.26. The summed E-state index contributed by atoms with van der Waals surface area (Å²) < 4.78 is 20.3. The quantitative estimate of drug-likeness (QED) is 0.466. The summed E-state index contributed by atoms with van der Waals surface area (Å²) in [5.41, 5.74) is 5.03. The van der Waals surface area contributed by atoms with E-state index >= 15 is 0 Å². The van der Waals surface area contributed by atoms with Gasteiger partial charge in [0.1, 0.15) is 17.3 Å². The minimum Gasteiger partial charge on any atom is -0.497 e. The lowest BCUT2D eigenvalue weighted by atomic mass is 9.99. The Morgan fingerprint density at radius 2 is 1.69 bits per heavy atom. The van der Waals surface area contributed by atoms with Crippen molar-refractivity contribution in [3.8, 4) is 22.7 Å². The van der Waals surface area contributed by atoms with Gasteiger partial charge in [-0.2, -0.15) is 5.10 Å². The smallest absolute Gasteiger partial charge is 0.272 e. The first-order chi connectivity index (χ1) is 15.6. The molecule has 1 amide bonds. The zero-order chi connectivity index (χ0) is 22.1. The van der Waals surface area contributed by atoms with E-state index in [-0.39, 0.29) is 11.7 Å². The fourth-order valence-corrected chi connectivity index (χ4v) is 4.05. The van der Waals surface area contributed by atoms with E-state index in [0.29, 0.717) is 24.5 Å². The number of benzene rings is 3. The van der Waals surface area contributed by atoms with Crippen molar-refractivity contribution in [1.82, 2.24) is 14.7 Å². The van der Waals surface area contributed by atoms with Gasteiger partial charge in [0.05, 0.1) is 18.5 Å². The highest BCUT2D eigenvalue weighted by Crippen LogP contribution is 2.26. The molecule has 0 bridgehead atoms. The van der Waals surface area contributed by atoms with Gasteiger partial charge in [-0.05, 0) is 72.1 Å². The van der Waals surface area contributed by atoms with E-state index < -0.39 is 0 Å². The Morgan fingerprint density at radius 1 is 0.969 bits per heavy atom. The minimum atomic E-state index is -0.313. The normalized spacial score (nSPS) is 13.0. The summed E-state index contributed by atoms with van der Waals surface area (Å²) in [6, 6.07) is 23.5. The van der Waals surface area contributed by atoms with Crippen LogP contribution in [-0.2, 0) is 13.0 Å². The number of rotatable bonds is 4. The predicted octanol–water partition coefficient (Wildman–Crippen LogP) is 4.89. The topological polar surface area (TPSA) is 47.4 Å². The van der Waals surface area contributed by atoms with Gasteiger partial charge in [0, 0.05) is 18.7 Å². The number of methoxy groups -OCH3 is 1. The Kier molecular flexibility index (Phi) is 5.19. The standard InChI is InChI=1S/C26H22FN3O2/c1-32-23-12-10-22(11-13-23)30-25(16-24(28-30)19-6-8-21(27)9-7-19)26(31)29-15-14-18-4-2-3-5-20(18)17-29/h2-13,16H,14-15,17H2,1H3. The van der Waals surface area contributed by atoms with Gasteiger partial charge in [0.15, 0.2) is 0 Å². The summed E-state index contributed by atoms with van der Waals surface area (Å²) in [5.74, 6) is 0.322. The van der Waals surface area contributed by atoms with Crippen LogP contribution in [0.15, 0.2) is 78.9 Å². The van der Waals surface area contributed by atoms with Crippen LogP contribution >= 0.6 is 0 Å². The van der Waals surface area contributed by atoms with Gasteiger partial charge in [-0.1, -0.05) is 24.3 Å². The minimum absolute atomic E-state index is 0.0869. The SMILES string of the molecule is COc1ccc(-n2nc(-c3ccc(F)cc3)cc2C(=O)N2CCc3ccccc3C2)cc1. The van der Waals surface area contributed by atoms with Crippen LogP contribution in [-0.4, -0.2) is 34.2 Å². The third kappa shape index (κ3) is 3.75. The molecule has 0 radical (unpaired) electrons. The second kappa shape index (κ2) is 8.30. The summed E-state index contributed by atoms with van der Waals surface area (Å²) in [6.07, 6.45) is 0.823. The van der Waals surface area contributed by atoms with Crippen molar-refractivity contribution in [3.63, 3.8) is 0 Å². The molecule has 2 heterocycles. The number of carbonyl (C=O) groups excluding carboxylic acids is 1. The van der Waals surface area contributed by atoms with E-state index in [9.17, 15) is 9.18 Å². The van der Waals surface area contributed by atoms with Crippen molar-refractivity contribution in [2.24, 2.45) is 0 Å². The van der Waals surface area contributed by atoms with Crippen LogP contribution in [0.2, 0.25) is 0 Å². The number of ether oxygens (including phenoxy) is 1. The number of hydrogen-bond donors (Lipinski definition) is 0. The fraction of sp³-hybridized carbons (Fsp3) is 0.154. The molecule has 5 nitrogen and oxygen atoms in total. The van der Waals surface area contributed by atoms with Gasteiger partial charge in [0.2, 0.25) is 0 Å². The molecule has 3 aromatic carbocycles. The molecule has 0 aliphatic carbocycles. The van der Waals surface area contributed by atoms with Crippen LogP contribution in [0.3, 0.4) is 0 Å². The van der Waals surface area contributed by atoms with Gasteiger partial charge in [-0.15, -0.1) is 0 Å². The fourth-order valence-electron chi connectivity index (χ4n) is 4.05. The summed E-state index contributed by atoms with van der Waals surface area (Å²) in [4.78, 5) is 15.5. The third-order valence-corrected chi connectivity index (χ3v) is 5.80. The molecule has 1 aliphatic heterocycles. The van der Waals surface area contributed by atoms with Crippen molar-refractivity contribution < 1.29 is 13.9 Å². The largest absolute Gasteiger partial charge is 0.497 e. The van der Waals surface area contributed by atoms with Crippen LogP contribution in [0.25, 0.3) is 16.9 Å². The molecule has 0 saturated heterocycles. The van der Waals surface area contributed by atoms with E-state index in [0.717, 1.165) is 23.4 Å². The summed E-state index contributed by atoms with van der Waals surface area (Å²) >= 11 is 0. The van der Waals surface area contributed by atoms with Crippen molar-refractivity contribution in [2.45, 2.75) is 13.0 Å². The van der Waals surface area contributed by atoms with E-state index in [1.807, 2.05) is 41.3 Å². The van der Waals surface area contributed by atoms with Crippen molar-refractivity contribution in [3.05, 3.63) is 102 Å². The highest BCUT2D eigenvalue weighted by atomic mass is 19.1. The zero-order valence-corrected chi connectivity index (χ0v) is 17.7. The Balaban J connectivity index is 1.55. The van der Waals surface area contributed by atoms with E-state index in [1.54, 1.807) is 30.0 Å². The number of hydrogen-bond acceptors (Lipinski definition) is 3. The van der Waals surface area contributed by atoms with Gasteiger partial charge >= 0.3 is 0 Å². The highest BCUT2D eigenvalue weighted by molar-refractivity contribution is 5.94. The first-order valence-electron chi connectivity index (χ1n) is 10.5. The third-order valence-electron chi connectivity index (χ3n) is 5.80. The average molecular weight is 427 g/mol.